The fourth-order valence-electron chi connectivity index (χ4n) is 7.32. The molecule has 10 atom stereocenters. The van der Waals surface area contributed by atoms with Gasteiger partial charge in [0.05, 0.1) is 52.8 Å². The van der Waals surface area contributed by atoms with Gasteiger partial charge < -0.3 is 87.9 Å². The van der Waals surface area contributed by atoms with Crippen LogP contribution in [0.4, 0.5) is 0 Å². The van der Waals surface area contributed by atoms with Gasteiger partial charge in [-0.1, -0.05) is 6.07 Å². The van der Waals surface area contributed by atoms with Crippen molar-refractivity contribution in [3.05, 3.63) is 41.5 Å². The van der Waals surface area contributed by atoms with Crippen molar-refractivity contribution in [2.45, 2.75) is 67.2 Å². The first-order chi connectivity index (χ1) is 26.4. The Balaban J connectivity index is 1.12. The predicted molar refractivity (Wildman–Crippen MR) is 179 cm³/mol. The van der Waals surface area contributed by atoms with Crippen LogP contribution in [0.2, 0.25) is 0 Å². The van der Waals surface area contributed by atoms with E-state index in [2.05, 4.69) is 0 Å². The fraction of sp³-hybridized carbons (Fsp3) is 0.528. The summed E-state index contributed by atoms with van der Waals surface area (Å²) in [6, 6.07) is 8.55. The van der Waals surface area contributed by atoms with Crippen molar-refractivity contribution in [1.29, 1.82) is 0 Å². The van der Waals surface area contributed by atoms with Crippen molar-refractivity contribution in [2.24, 2.45) is 0 Å². The number of fused-ring (bicyclic) bond motifs is 3. The molecule has 3 aromatic rings. The molecule has 3 saturated heterocycles. The van der Waals surface area contributed by atoms with Gasteiger partial charge in [0, 0.05) is 16.5 Å². The number of methoxy groups -OCH3 is 2. The van der Waals surface area contributed by atoms with Gasteiger partial charge in [0.25, 0.3) is 0 Å². The molecule has 0 aromatic heterocycles. The van der Waals surface area contributed by atoms with E-state index in [0.29, 0.717) is 50.5 Å². The summed E-state index contributed by atoms with van der Waals surface area (Å²) >= 11 is 0. The van der Waals surface area contributed by atoms with Crippen molar-refractivity contribution in [3.8, 4) is 39.9 Å². The van der Waals surface area contributed by atoms with E-state index in [1.807, 2.05) is 0 Å². The van der Waals surface area contributed by atoms with Crippen molar-refractivity contribution >= 4 is 16.7 Å². The third kappa shape index (κ3) is 6.29. The van der Waals surface area contributed by atoms with Crippen LogP contribution in [0.3, 0.4) is 0 Å². The predicted octanol–water partition coefficient (Wildman–Crippen LogP) is -1.33. The van der Waals surface area contributed by atoms with Gasteiger partial charge in [0.15, 0.2) is 41.7 Å². The van der Waals surface area contributed by atoms with Crippen LogP contribution in [0, 0.1) is 0 Å². The maximum absolute atomic E-state index is 13.5. The van der Waals surface area contributed by atoms with Crippen LogP contribution in [0.25, 0.3) is 21.9 Å². The summed E-state index contributed by atoms with van der Waals surface area (Å²) in [6.45, 7) is -3.24. The lowest BCUT2D eigenvalue weighted by atomic mass is 9.89. The van der Waals surface area contributed by atoms with Crippen LogP contribution in [0.1, 0.15) is 15.9 Å². The first-order valence-corrected chi connectivity index (χ1v) is 17.3. The molecule has 3 aromatic carbocycles. The first kappa shape index (κ1) is 37.8. The quantitative estimate of drug-likeness (QED) is 0.111. The summed E-state index contributed by atoms with van der Waals surface area (Å²) in [4.78, 5) is 13.5. The number of carbonyl (C=O) groups excluding carboxylic acids is 1. The molecule has 5 aliphatic heterocycles. The molecule has 8 rings (SSSR count). The molecule has 7 N–H and O–H groups in total. The van der Waals surface area contributed by atoms with Crippen molar-refractivity contribution in [3.63, 3.8) is 0 Å². The highest BCUT2D eigenvalue weighted by Gasteiger charge is 2.56. The van der Waals surface area contributed by atoms with Gasteiger partial charge in [-0.2, -0.15) is 0 Å². The number of cyclic esters (lactones) is 1. The minimum absolute atomic E-state index is 0.0364. The first-order valence-electron chi connectivity index (χ1n) is 17.3. The van der Waals surface area contributed by atoms with E-state index in [9.17, 15) is 40.5 Å². The molecule has 0 amide bonds. The van der Waals surface area contributed by atoms with Gasteiger partial charge in [-0.15, -0.1) is 0 Å². The molecule has 5 heterocycles. The van der Waals surface area contributed by atoms with E-state index in [-0.39, 0.29) is 24.7 Å². The molecule has 0 unspecified atom stereocenters. The van der Waals surface area contributed by atoms with E-state index >= 15 is 0 Å². The zero-order chi connectivity index (χ0) is 38.8. The molecule has 298 valence electrons. The molecular formula is C36H40O19. The molecule has 5 aliphatic rings. The maximum atomic E-state index is 13.5. The lowest BCUT2D eigenvalue weighted by Crippen LogP contribution is -2.60. The Labute approximate surface area is 311 Å². The molecule has 3 fully saturated rings. The maximum Gasteiger partial charge on any atom is 0.339 e. The number of esters is 1. The number of rotatable bonds is 11. The lowest BCUT2D eigenvalue weighted by Gasteiger charge is -2.41. The highest BCUT2D eigenvalue weighted by atomic mass is 16.8. The highest BCUT2D eigenvalue weighted by molar-refractivity contribution is 6.14. The molecular weight excluding hydrogens is 736 g/mol. The summed E-state index contributed by atoms with van der Waals surface area (Å²) in [6.07, 6.45) is -12.7. The topological polar surface area (TPSA) is 260 Å². The summed E-state index contributed by atoms with van der Waals surface area (Å²) in [5.74, 6) is 1.12. The molecule has 0 spiro atoms. The minimum Gasteiger partial charge on any atom is -0.493 e. The Bertz CT molecular complexity index is 1960. The summed E-state index contributed by atoms with van der Waals surface area (Å²) in [5.41, 5.74) is -2.52. The molecule has 0 aliphatic carbocycles. The van der Waals surface area contributed by atoms with E-state index in [0.717, 1.165) is 0 Å². The SMILES string of the molecule is COc1cc2c(O[C@@H]3OC[C@](O)(CO)[C@H]3O[C@H]3OC[C@H](O[C@@H]4OC[C@](O)(CO)[C@H]4O)[C@@H](O)[C@H]3O)c3c(c(-c4ccc5c(c4)OCO5)c2cc1OC)C(=O)OC3. The second kappa shape index (κ2) is 14.4. The summed E-state index contributed by atoms with van der Waals surface area (Å²) in [7, 11) is 2.91. The second-order valence-corrected chi connectivity index (χ2v) is 13.8. The van der Waals surface area contributed by atoms with Gasteiger partial charge in [0.1, 0.15) is 48.0 Å². The minimum atomic E-state index is -2.11. The van der Waals surface area contributed by atoms with E-state index < -0.39 is 99.6 Å². The number of benzene rings is 3. The lowest BCUT2D eigenvalue weighted by molar-refractivity contribution is -0.324. The largest absolute Gasteiger partial charge is 0.493 e. The van der Waals surface area contributed by atoms with Crippen molar-refractivity contribution < 1.29 is 92.6 Å². The molecule has 0 bridgehead atoms. The van der Waals surface area contributed by atoms with Gasteiger partial charge in [-0.05, 0) is 35.2 Å². The summed E-state index contributed by atoms with van der Waals surface area (Å²) < 4.78 is 62.7. The fourth-order valence-corrected chi connectivity index (χ4v) is 7.32. The van der Waals surface area contributed by atoms with Crippen molar-refractivity contribution in [2.75, 3.05) is 54.0 Å². The molecule has 19 heteroatoms. The number of hydrogen-bond acceptors (Lipinski definition) is 19. The molecule has 0 saturated carbocycles. The van der Waals surface area contributed by atoms with Crippen LogP contribution in [0.5, 0.6) is 28.7 Å². The van der Waals surface area contributed by atoms with E-state index in [1.54, 1.807) is 30.3 Å². The Morgan fingerprint density at radius 1 is 0.764 bits per heavy atom. The van der Waals surface area contributed by atoms with Crippen LogP contribution < -0.4 is 23.7 Å². The number of aliphatic hydroxyl groups excluding tert-OH is 5. The third-order valence-electron chi connectivity index (χ3n) is 10.5. The van der Waals surface area contributed by atoms with Gasteiger partial charge >= 0.3 is 5.97 Å². The van der Waals surface area contributed by atoms with Crippen LogP contribution in [0.15, 0.2) is 30.3 Å². The smallest absolute Gasteiger partial charge is 0.339 e. The van der Waals surface area contributed by atoms with Gasteiger partial charge in [-0.25, -0.2) is 4.79 Å². The number of ether oxygens (including phenoxy) is 11. The van der Waals surface area contributed by atoms with Gasteiger partial charge in [0.2, 0.25) is 13.1 Å². The van der Waals surface area contributed by atoms with Crippen LogP contribution in [-0.4, -0.2) is 156 Å². The van der Waals surface area contributed by atoms with E-state index in [4.69, 9.17) is 52.1 Å². The third-order valence-corrected chi connectivity index (χ3v) is 10.5. The molecule has 55 heavy (non-hydrogen) atoms. The monoisotopic (exact) mass is 776 g/mol. The molecule has 0 radical (unpaired) electrons. The van der Waals surface area contributed by atoms with Crippen LogP contribution >= 0.6 is 0 Å². The normalized spacial score (nSPS) is 33.9. The van der Waals surface area contributed by atoms with Gasteiger partial charge in [-0.3, -0.25) is 0 Å². The average Bonchev–Trinajstić information content (AvgIpc) is 3.97. The van der Waals surface area contributed by atoms with Crippen molar-refractivity contribution in [1.82, 2.24) is 0 Å². The number of carbonyl (C=O) groups is 1. The van der Waals surface area contributed by atoms with E-state index in [1.165, 1.54) is 14.2 Å². The van der Waals surface area contributed by atoms with Crippen LogP contribution in [-0.2, 0) is 35.0 Å². The molecule has 19 nitrogen and oxygen atoms in total. The second-order valence-electron chi connectivity index (χ2n) is 13.8. The standard InChI is InChI=1S/C36H40O19/c1-45-20-6-16-17(7-21(20)46-2)28(18-8-47-31(42)25(18)24(16)15-3-4-19-22(5-15)52-14-51-19)54-34-30(36(44,11-38)13-50-34)55-32-27(40)26(39)23(9-48-32)53-33-29(41)35(43,10-37)12-49-33/h3-7,23,26-27,29-30,32-34,37-41,43-44H,8-14H2,1-2H3/t23-,26+,27+,29-,30-,32+,33-,34-,35+,36+/m0/s1. The average molecular weight is 777 g/mol. The Morgan fingerprint density at radius 3 is 2.16 bits per heavy atom. The highest BCUT2D eigenvalue weighted by Crippen LogP contribution is 2.50. The Hall–Kier alpha value is -4.09. The Morgan fingerprint density at radius 2 is 1.45 bits per heavy atom. The Kier molecular flexibility index (Phi) is 9.93. The zero-order valence-electron chi connectivity index (χ0n) is 29.5. The number of aliphatic hydroxyl groups is 7. The summed E-state index contributed by atoms with van der Waals surface area (Å²) in [5, 5.41) is 74.8. The zero-order valence-corrected chi connectivity index (χ0v) is 29.5. The number of hydrogen-bond donors (Lipinski definition) is 7.